The average Bonchev–Trinajstić information content (AvgIpc) is 3.20. The molecule has 2 aromatic carbocycles. The molecule has 0 spiro atoms. The van der Waals surface area contributed by atoms with Crippen LogP contribution in [0.2, 0.25) is 0 Å². The van der Waals surface area contributed by atoms with Crippen molar-refractivity contribution in [3.05, 3.63) is 53.6 Å². The molecule has 2 atom stereocenters. The van der Waals surface area contributed by atoms with Gasteiger partial charge in [0, 0.05) is 12.6 Å². The third-order valence-corrected chi connectivity index (χ3v) is 5.73. The predicted octanol–water partition coefficient (Wildman–Crippen LogP) is 4.16. The summed E-state index contributed by atoms with van der Waals surface area (Å²) in [5.41, 5.74) is 2.40. The molecule has 0 unspecified atom stereocenters. The van der Waals surface area contributed by atoms with E-state index in [1.54, 1.807) is 0 Å². The van der Waals surface area contributed by atoms with Gasteiger partial charge in [0.1, 0.15) is 31.7 Å². The molecule has 4 rings (SSSR count). The van der Waals surface area contributed by atoms with Gasteiger partial charge in [0.25, 0.3) is 0 Å². The molecule has 5 nitrogen and oxygen atoms in total. The second kappa shape index (κ2) is 9.06. The number of rotatable bonds is 7. The Kier molecular flexibility index (Phi) is 6.26. The highest BCUT2D eigenvalue weighted by Crippen LogP contribution is 2.38. The zero-order chi connectivity index (χ0) is 20.2. The van der Waals surface area contributed by atoms with Gasteiger partial charge in [-0.05, 0) is 54.6 Å². The van der Waals surface area contributed by atoms with Crippen LogP contribution >= 0.6 is 0 Å². The molecule has 29 heavy (non-hydrogen) atoms. The summed E-state index contributed by atoms with van der Waals surface area (Å²) < 4.78 is 17.4. The van der Waals surface area contributed by atoms with Gasteiger partial charge in [-0.2, -0.15) is 0 Å². The van der Waals surface area contributed by atoms with E-state index in [1.807, 2.05) is 24.3 Å². The summed E-state index contributed by atoms with van der Waals surface area (Å²) in [6.07, 6.45) is 1.68. The maximum atomic E-state index is 10.6. The van der Waals surface area contributed by atoms with E-state index in [1.165, 1.54) is 11.1 Å². The van der Waals surface area contributed by atoms with E-state index < -0.39 is 6.10 Å². The second-order valence-electron chi connectivity index (χ2n) is 8.21. The monoisotopic (exact) mass is 397 g/mol. The average molecular weight is 398 g/mol. The molecule has 0 radical (unpaired) electrons. The quantitative estimate of drug-likeness (QED) is 0.760. The Morgan fingerprint density at radius 3 is 2.72 bits per heavy atom. The molecule has 2 aromatic rings. The lowest BCUT2D eigenvalue weighted by Crippen LogP contribution is -2.35. The molecular formula is C24H31NO4. The van der Waals surface area contributed by atoms with E-state index in [0.29, 0.717) is 38.3 Å². The van der Waals surface area contributed by atoms with Gasteiger partial charge in [-0.15, -0.1) is 0 Å². The van der Waals surface area contributed by atoms with Crippen LogP contribution in [0.15, 0.2) is 42.5 Å². The summed E-state index contributed by atoms with van der Waals surface area (Å²) in [7, 11) is 0. The van der Waals surface area contributed by atoms with Crippen molar-refractivity contribution >= 4 is 0 Å². The van der Waals surface area contributed by atoms with Gasteiger partial charge in [0.15, 0.2) is 11.5 Å². The fourth-order valence-corrected chi connectivity index (χ4v) is 4.29. The summed E-state index contributed by atoms with van der Waals surface area (Å²) in [4.78, 5) is 2.35. The second-order valence-corrected chi connectivity index (χ2v) is 8.21. The number of likely N-dealkylation sites (tertiary alicyclic amines) is 1. The highest BCUT2D eigenvalue weighted by molar-refractivity contribution is 5.45. The van der Waals surface area contributed by atoms with Crippen LogP contribution in [0.1, 0.15) is 49.8 Å². The number of aliphatic hydroxyl groups excluding tert-OH is 1. The lowest BCUT2D eigenvalue weighted by molar-refractivity contribution is 0.0633. The molecule has 2 heterocycles. The number of β-amino-alcohol motifs (C(OH)–C–C–N with tert-alkyl or cyclic N) is 1. The van der Waals surface area contributed by atoms with Crippen molar-refractivity contribution in [2.24, 2.45) is 0 Å². The van der Waals surface area contributed by atoms with Crippen LogP contribution in [0.25, 0.3) is 0 Å². The number of benzene rings is 2. The first-order valence-corrected chi connectivity index (χ1v) is 10.6. The zero-order valence-corrected chi connectivity index (χ0v) is 17.3. The minimum Gasteiger partial charge on any atom is -0.491 e. The van der Waals surface area contributed by atoms with Gasteiger partial charge < -0.3 is 19.3 Å². The molecule has 2 aliphatic heterocycles. The van der Waals surface area contributed by atoms with Gasteiger partial charge in [-0.1, -0.05) is 38.1 Å². The molecule has 5 heteroatoms. The Morgan fingerprint density at radius 2 is 1.90 bits per heavy atom. The molecule has 0 amide bonds. The van der Waals surface area contributed by atoms with Crippen molar-refractivity contribution < 1.29 is 19.3 Å². The van der Waals surface area contributed by atoms with Gasteiger partial charge in [0.05, 0.1) is 0 Å². The van der Waals surface area contributed by atoms with Crippen LogP contribution < -0.4 is 14.2 Å². The minimum atomic E-state index is -0.534. The number of fused-ring (bicyclic) bond motifs is 1. The van der Waals surface area contributed by atoms with Gasteiger partial charge in [-0.25, -0.2) is 0 Å². The zero-order valence-electron chi connectivity index (χ0n) is 17.3. The lowest BCUT2D eigenvalue weighted by Gasteiger charge is -2.28. The Morgan fingerprint density at radius 1 is 1.10 bits per heavy atom. The summed E-state index contributed by atoms with van der Waals surface area (Å²) in [6, 6.07) is 14.6. The lowest BCUT2D eigenvalue weighted by atomic mass is 10.0. The maximum Gasteiger partial charge on any atom is 0.161 e. The van der Waals surface area contributed by atoms with Crippen molar-refractivity contribution in [1.82, 2.24) is 4.90 Å². The van der Waals surface area contributed by atoms with Crippen LogP contribution in [0.4, 0.5) is 0 Å². The van der Waals surface area contributed by atoms with Crippen LogP contribution in [0, 0.1) is 0 Å². The maximum absolute atomic E-state index is 10.6. The molecule has 0 saturated carbocycles. The molecule has 1 N–H and O–H groups in total. The van der Waals surface area contributed by atoms with E-state index in [-0.39, 0.29) is 0 Å². The molecule has 0 bridgehead atoms. The van der Waals surface area contributed by atoms with Crippen LogP contribution in [-0.4, -0.2) is 49.0 Å². The fourth-order valence-electron chi connectivity index (χ4n) is 4.29. The molecule has 0 aliphatic carbocycles. The Bertz CT molecular complexity index is 822. The number of aliphatic hydroxyl groups is 1. The van der Waals surface area contributed by atoms with Crippen LogP contribution in [-0.2, 0) is 0 Å². The van der Waals surface area contributed by atoms with Crippen molar-refractivity contribution in [3.8, 4) is 17.2 Å². The smallest absolute Gasteiger partial charge is 0.161 e. The molecule has 156 valence electrons. The molecule has 2 aliphatic rings. The summed E-state index contributed by atoms with van der Waals surface area (Å²) in [5, 5.41) is 10.6. The normalized spacial score (nSPS) is 20.1. The molecule has 1 fully saturated rings. The van der Waals surface area contributed by atoms with Crippen molar-refractivity contribution in [2.75, 3.05) is 32.9 Å². The molecule has 1 saturated heterocycles. The van der Waals surface area contributed by atoms with Crippen molar-refractivity contribution in [3.63, 3.8) is 0 Å². The van der Waals surface area contributed by atoms with Crippen LogP contribution in [0.3, 0.4) is 0 Å². The minimum absolute atomic E-state index is 0.295. The standard InChI is InChI=1S/C24H31NO4/c1-17(2)20-6-3-4-8-22(20)29-16-19(26)15-25-11-5-7-21(25)18-9-10-23-24(14-18)28-13-12-27-23/h3-4,6,8-10,14,17,19,21,26H,5,7,11-13,15-16H2,1-2H3/t19-,21-/m1/s1. The fraction of sp³-hybridized carbons (Fsp3) is 0.500. The third kappa shape index (κ3) is 4.68. The molecule has 0 aromatic heterocycles. The van der Waals surface area contributed by atoms with Gasteiger partial charge in [0.2, 0.25) is 0 Å². The Balaban J connectivity index is 1.37. The van der Waals surface area contributed by atoms with E-state index >= 15 is 0 Å². The van der Waals surface area contributed by atoms with Crippen LogP contribution in [0.5, 0.6) is 17.2 Å². The first-order chi connectivity index (χ1) is 14.1. The molecular weight excluding hydrogens is 366 g/mol. The largest absolute Gasteiger partial charge is 0.491 e. The Labute approximate surface area is 173 Å². The number of ether oxygens (including phenoxy) is 3. The van der Waals surface area contributed by atoms with E-state index in [2.05, 4.69) is 36.9 Å². The number of nitrogens with zero attached hydrogens (tertiary/aromatic N) is 1. The van der Waals surface area contributed by atoms with Gasteiger partial charge in [-0.3, -0.25) is 4.90 Å². The highest BCUT2D eigenvalue weighted by Gasteiger charge is 2.29. The summed E-state index contributed by atoms with van der Waals surface area (Å²) >= 11 is 0. The summed E-state index contributed by atoms with van der Waals surface area (Å²) in [5.74, 6) is 2.91. The summed E-state index contributed by atoms with van der Waals surface area (Å²) in [6.45, 7) is 7.39. The highest BCUT2D eigenvalue weighted by atomic mass is 16.6. The number of para-hydroxylation sites is 1. The van der Waals surface area contributed by atoms with Crippen molar-refractivity contribution in [1.29, 1.82) is 0 Å². The van der Waals surface area contributed by atoms with Crippen molar-refractivity contribution in [2.45, 2.75) is 44.8 Å². The van der Waals surface area contributed by atoms with E-state index in [0.717, 1.165) is 36.6 Å². The van der Waals surface area contributed by atoms with E-state index in [4.69, 9.17) is 14.2 Å². The topological polar surface area (TPSA) is 51.2 Å². The van der Waals surface area contributed by atoms with E-state index in [9.17, 15) is 5.11 Å². The third-order valence-electron chi connectivity index (χ3n) is 5.73. The number of hydrogen-bond donors (Lipinski definition) is 1. The first kappa shape index (κ1) is 20.0. The first-order valence-electron chi connectivity index (χ1n) is 10.6. The van der Waals surface area contributed by atoms with Gasteiger partial charge >= 0.3 is 0 Å². The SMILES string of the molecule is CC(C)c1ccccc1OC[C@H](O)CN1CCC[C@@H]1c1ccc2c(c1)OCCO2. The predicted molar refractivity (Wildman–Crippen MR) is 113 cm³/mol. The Hall–Kier alpha value is -2.24. The number of hydrogen-bond acceptors (Lipinski definition) is 5.